The number of amidine groups is 1. The molecule has 0 aliphatic carbocycles. The third kappa shape index (κ3) is 4.46. The highest BCUT2D eigenvalue weighted by atomic mass is 32.2. The molecule has 0 saturated carbocycles. The van der Waals surface area contributed by atoms with Gasteiger partial charge in [-0.1, -0.05) is 66.4 Å². The van der Waals surface area contributed by atoms with Gasteiger partial charge in [-0.05, 0) is 65.4 Å². The number of fused-ring (bicyclic) bond motifs is 3. The van der Waals surface area contributed by atoms with E-state index in [0.29, 0.717) is 28.5 Å². The lowest BCUT2D eigenvalue weighted by Gasteiger charge is -2.35. The molecule has 0 bridgehead atoms. The van der Waals surface area contributed by atoms with Crippen molar-refractivity contribution >= 4 is 34.9 Å². The first-order valence-corrected chi connectivity index (χ1v) is 13.7. The van der Waals surface area contributed by atoms with Crippen molar-refractivity contribution in [3.05, 3.63) is 118 Å². The van der Waals surface area contributed by atoms with E-state index in [1.165, 1.54) is 0 Å². The number of hydrogen-bond acceptors (Lipinski definition) is 8. The molecule has 7 rings (SSSR count). The molecule has 3 aromatic carbocycles. The fraction of sp³-hybridized carbons (Fsp3) is 0.125. The second-order valence-electron chi connectivity index (χ2n) is 9.51. The average Bonchev–Trinajstić information content (AvgIpc) is 3.74. The summed E-state index contributed by atoms with van der Waals surface area (Å²) in [6.07, 6.45) is 7.28. The van der Waals surface area contributed by atoms with Crippen molar-refractivity contribution < 1.29 is 23.7 Å². The molecule has 0 saturated heterocycles. The number of carbonyl (C=O) groups excluding carboxylic acids is 1. The van der Waals surface area contributed by atoms with Crippen LogP contribution in [0.15, 0.2) is 106 Å². The Balaban J connectivity index is 1.31. The van der Waals surface area contributed by atoms with E-state index in [1.54, 1.807) is 23.9 Å². The molecular weight excluding hydrogens is 524 g/mol. The van der Waals surface area contributed by atoms with E-state index in [2.05, 4.69) is 22.4 Å². The van der Waals surface area contributed by atoms with Gasteiger partial charge in [-0.3, -0.25) is 4.79 Å². The number of carbonyl (C=O) groups is 1. The first-order chi connectivity index (χ1) is 19.6. The second-order valence-corrected chi connectivity index (χ2v) is 10.3. The summed E-state index contributed by atoms with van der Waals surface area (Å²) in [5.41, 5.74) is 5.04. The maximum atomic E-state index is 14.1. The molecular formula is C32H24N2O5S. The Morgan fingerprint density at radius 2 is 1.50 bits per heavy atom. The first-order valence-electron chi connectivity index (χ1n) is 12.8. The van der Waals surface area contributed by atoms with E-state index in [4.69, 9.17) is 23.9 Å². The van der Waals surface area contributed by atoms with E-state index >= 15 is 0 Å². The standard InChI is InChI=1S/C32H24N2O5S/c1-20-17-40-32-33-24(11-7-21-9-13-26-28(15-21)38-18-36-26)30(31(34(20)32)23-5-3-2-4-6-23)25(35)12-8-22-10-14-27-29(16-22)39-19-37-27/h2-17,31H,18-19H2,1H3/b11-7+,12-8+. The predicted octanol–water partition coefficient (Wildman–Crippen LogP) is 6.71. The largest absolute Gasteiger partial charge is 0.454 e. The number of benzene rings is 3. The predicted molar refractivity (Wildman–Crippen MR) is 155 cm³/mol. The van der Waals surface area contributed by atoms with Gasteiger partial charge in [-0.15, -0.1) is 0 Å². The molecule has 1 atom stereocenters. The summed E-state index contributed by atoms with van der Waals surface area (Å²) in [4.78, 5) is 21.2. The van der Waals surface area contributed by atoms with Crippen molar-refractivity contribution in [1.29, 1.82) is 0 Å². The van der Waals surface area contributed by atoms with Gasteiger partial charge < -0.3 is 23.8 Å². The zero-order valence-corrected chi connectivity index (χ0v) is 22.4. The minimum absolute atomic E-state index is 0.121. The Hall–Kier alpha value is -4.69. The van der Waals surface area contributed by atoms with Crippen LogP contribution in [0.3, 0.4) is 0 Å². The quantitative estimate of drug-likeness (QED) is 0.317. The fourth-order valence-electron chi connectivity index (χ4n) is 5.04. The number of ether oxygens (including phenoxy) is 4. The lowest BCUT2D eigenvalue weighted by molar-refractivity contribution is -0.111. The average molecular weight is 549 g/mol. The number of allylic oxidation sites excluding steroid dienone is 3. The van der Waals surface area contributed by atoms with E-state index in [1.807, 2.05) is 73.7 Å². The van der Waals surface area contributed by atoms with Crippen LogP contribution >= 0.6 is 11.8 Å². The van der Waals surface area contributed by atoms with Gasteiger partial charge in [0.25, 0.3) is 0 Å². The Morgan fingerprint density at radius 1 is 0.850 bits per heavy atom. The van der Waals surface area contributed by atoms with Crippen molar-refractivity contribution in [2.24, 2.45) is 4.99 Å². The number of nitrogens with zero attached hydrogens (tertiary/aromatic N) is 2. The smallest absolute Gasteiger partial charge is 0.231 e. The van der Waals surface area contributed by atoms with Crippen molar-refractivity contribution in [3.8, 4) is 23.0 Å². The highest BCUT2D eigenvalue weighted by molar-refractivity contribution is 8.16. The SMILES string of the molecule is CC1=CSC2=NC(/C=C/c3ccc4c(c3)OCO4)=C(C(=O)/C=C/c3ccc4c(c3)OCO4)C(c3ccccc3)N12. The lowest BCUT2D eigenvalue weighted by Crippen LogP contribution is -2.35. The van der Waals surface area contributed by atoms with Gasteiger partial charge in [0, 0.05) is 5.70 Å². The molecule has 0 spiro atoms. The summed E-state index contributed by atoms with van der Waals surface area (Å²) in [7, 11) is 0. The molecule has 1 unspecified atom stereocenters. The van der Waals surface area contributed by atoms with Crippen LogP contribution in [0, 0.1) is 0 Å². The maximum Gasteiger partial charge on any atom is 0.231 e. The summed E-state index contributed by atoms with van der Waals surface area (Å²) >= 11 is 1.56. The monoisotopic (exact) mass is 548 g/mol. The van der Waals surface area contributed by atoms with Crippen LogP contribution in [0.25, 0.3) is 12.2 Å². The van der Waals surface area contributed by atoms with Crippen LogP contribution in [0.2, 0.25) is 0 Å². The number of aliphatic imine (C=N–C) groups is 1. The Kier molecular flexibility index (Phi) is 6.17. The van der Waals surface area contributed by atoms with Crippen LogP contribution < -0.4 is 18.9 Å². The minimum Gasteiger partial charge on any atom is -0.454 e. The van der Waals surface area contributed by atoms with Gasteiger partial charge >= 0.3 is 0 Å². The summed E-state index contributed by atoms with van der Waals surface area (Å²) in [6, 6.07) is 21.1. The van der Waals surface area contributed by atoms with Crippen LogP contribution in [-0.2, 0) is 4.79 Å². The van der Waals surface area contributed by atoms with Crippen molar-refractivity contribution in [1.82, 2.24) is 4.90 Å². The number of rotatable bonds is 6. The molecule has 0 N–H and O–H groups in total. The van der Waals surface area contributed by atoms with E-state index in [0.717, 1.165) is 33.3 Å². The van der Waals surface area contributed by atoms with Gasteiger partial charge in [-0.25, -0.2) is 4.99 Å². The van der Waals surface area contributed by atoms with Gasteiger partial charge in [0.1, 0.15) is 0 Å². The molecule has 7 nitrogen and oxygen atoms in total. The van der Waals surface area contributed by atoms with Crippen LogP contribution in [0.4, 0.5) is 0 Å². The summed E-state index contributed by atoms with van der Waals surface area (Å²) < 4.78 is 21.9. The number of thioether (sulfide) groups is 1. The van der Waals surface area contributed by atoms with Crippen LogP contribution in [-0.4, -0.2) is 29.4 Å². The molecule has 4 aliphatic heterocycles. The minimum atomic E-state index is -0.328. The summed E-state index contributed by atoms with van der Waals surface area (Å²) in [5.74, 6) is 2.68. The molecule has 8 heteroatoms. The van der Waals surface area contributed by atoms with Gasteiger partial charge in [0.05, 0.1) is 17.3 Å². The van der Waals surface area contributed by atoms with Crippen molar-refractivity contribution in [2.75, 3.05) is 13.6 Å². The number of ketones is 1. The van der Waals surface area contributed by atoms with Crippen LogP contribution in [0.1, 0.15) is 29.7 Å². The highest BCUT2D eigenvalue weighted by Gasteiger charge is 2.38. The van der Waals surface area contributed by atoms with Gasteiger partial charge in [0.15, 0.2) is 33.9 Å². The zero-order chi connectivity index (χ0) is 27.1. The summed E-state index contributed by atoms with van der Waals surface area (Å²) in [6.45, 7) is 2.46. The second kappa shape index (κ2) is 10.1. The lowest BCUT2D eigenvalue weighted by atomic mass is 9.90. The fourth-order valence-corrected chi connectivity index (χ4v) is 5.94. The molecule has 198 valence electrons. The third-order valence-corrected chi connectivity index (χ3v) is 7.94. The molecule has 0 aromatic heterocycles. The van der Waals surface area contributed by atoms with Crippen molar-refractivity contribution in [3.63, 3.8) is 0 Å². The van der Waals surface area contributed by atoms with Gasteiger partial charge in [0.2, 0.25) is 13.6 Å². The Labute approximate surface area is 235 Å². The maximum absolute atomic E-state index is 14.1. The highest BCUT2D eigenvalue weighted by Crippen LogP contribution is 2.44. The molecule has 4 aliphatic rings. The molecule has 0 fully saturated rings. The zero-order valence-electron chi connectivity index (χ0n) is 21.6. The Bertz CT molecular complexity index is 1670. The van der Waals surface area contributed by atoms with Crippen molar-refractivity contribution in [2.45, 2.75) is 13.0 Å². The Morgan fingerprint density at radius 3 is 2.20 bits per heavy atom. The molecule has 3 aromatic rings. The normalized spacial score (nSPS) is 18.9. The summed E-state index contributed by atoms with van der Waals surface area (Å²) in [5, 5.41) is 2.91. The molecule has 4 heterocycles. The molecule has 0 amide bonds. The van der Waals surface area contributed by atoms with E-state index in [-0.39, 0.29) is 25.4 Å². The van der Waals surface area contributed by atoms with E-state index in [9.17, 15) is 4.79 Å². The first kappa shape index (κ1) is 24.4. The van der Waals surface area contributed by atoms with E-state index < -0.39 is 0 Å². The molecule has 40 heavy (non-hydrogen) atoms. The number of hydrogen-bond donors (Lipinski definition) is 0. The topological polar surface area (TPSA) is 69.6 Å². The molecule has 0 radical (unpaired) electrons. The van der Waals surface area contributed by atoms with Crippen LogP contribution in [0.5, 0.6) is 23.0 Å². The third-order valence-electron chi connectivity index (χ3n) is 6.98. The van der Waals surface area contributed by atoms with Gasteiger partial charge in [-0.2, -0.15) is 0 Å².